The highest BCUT2D eigenvalue weighted by Gasteiger charge is 2.59. The van der Waals surface area contributed by atoms with Gasteiger partial charge >= 0.3 is 0 Å². The maximum Gasteiger partial charge on any atom is 0.243 e. The van der Waals surface area contributed by atoms with E-state index in [0.717, 1.165) is 13.0 Å². The second kappa shape index (κ2) is 3.97. The molecule has 2 aliphatic carbocycles. The predicted molar refractivity (Wildman–Crippen MR) is 58.4 cm³/mol. The third-order valence-electron chi connectivity index (χ3n) is 3.94. The fourth-order valence-electron chi connectivity index (χ4n) is 2.87. The zero-order valence-corrected chi connectivity index (χ0v) is 9.29. The molecule has 2 saturated carbocycles. The zero-order chi connectivity index (χ0) is 10.9. The van der Waals surface area contributed by atoms with Crippen LogP contribution in [0.1, 0.15) is 32.6 Å². The molecule has 3 heteroatoms. The number of carbonyl (C=O) groups is 1. The van der Waals surface area contributed by atoms with Crippen LogP contribution in [0.4, 0.5) is 0 Å². The van der Waals surface area contributed by atoms with Crippen LogP contribution in [0.2, 0.25) is 0 Å². The van der Waals surface area contributed by atoms with Crippen LogP contribution in [0.3, 0.4) is 0 Å². The van der Waals surface area contributed by atoms with E-state index in [1.54, 1.807) is 0 Å². The third-order valence-corrected chi connectivity index (χ3v) is 3.94. The van der Waals surface area contributed by atoms with Crippen molar-refractivity contribution in [2.75, 3.05) is 6.61 Å². The van der Waals surface area contributed by atoms with E-state index in [2.05, 4.69) is 11.9 Å². The molecular formula is C12H19NO2. The smallest absolute Gasteiger partial charge is 0.243 e. The number of ether oxygens (including phenoxy) is 1. The zero-order valence-electron chi connectivity index (χ0n) is 9.29. The standard InChI is InChI=1S/C12H19NO2/c1-3-11(14)13-9-8-10(15-4-2)12(9)6-5-7-12/h3,9-10H,1,4-8H2,2H3,(H,13,14). The molecule has 0 aliphatic heterocycles. The summed E-state index contributed by atoms with van der Waals surface area (Å²) in [7, 11) is 0. The van der Waals surface area contributed by atoms with Crippen molar-refractivity contribution in [2.45, 2.75) is 44.8 Å². The summed E-state index contributed by atoms with van der Waals surface area (Å²) in [4.78, 5) is 11.2. The molecule has 1 spiro atoms. The van der Waals surface area contributed by atoms with E-state index in [1.807, 2.05) is 6.92 Å². The van der Waals surface area contributed by atoms with Gasteiger partial charge in [-0.25, -0.2) is 0 Å². The van der Waals surface area contributed by atoms with Gasteiger partial charge in [-0.3, -0.25) is 4.79 Å². The molecule has 0 bridgehead atoms. The Morgan fingerprint density at radius 2 is 2.40 bits per heavy atom. The average Bonchev–Trinajstić information content (AvgIpc) is 2.13. The van der Waals surface area contributed by atoms with Crippen LogP contribution in [0.15, 0.2) is 12.7 Å². The van der Waals surface area contributed by atoms with Crippen molar-refractivity contribution in [3.05, 3.63) is 12.7 Å². The van der Waals surface area contributed by atoms with Crippen molar-refractivity contribution in [1.82, 2.24) is 5.32 Å². The number of amides is 1. The van der Waals surface area contributed by atoms with Gasteiger partial charge in [0.1, 0.15) is 0 Å². The number of hydrogen-bond acceptors (Lipinski definition) is 2. The molecule has 15 heavy (non-hydrogen) atoms. The molecule has 2 fully saturated rings. The SMILES string of the molecule is C=CC(=O)NC1CC(OCC)C12CCC2. The molecule has 2 aliphatic rings. The van der Waals surface area contributed by atoms with E-state index in [0.29, 0.717) is 12.1 Å². The molecule has 2 atom stereocenters. The molecule has 84 valence electrons. The number of nitrogens with one attached hydrogen (secondary N) is 1. The molecule has 0 saturated heterocycles. The summed E-state index contributed by atoms with van der Waals surface area (Å²) in [6.07, 6.45) is 6.34. The molecule has 0 aromatic carbocycles. The monoisotopic (exact) mass is 209 g/mol. The van der Waals surface area contributed by atoms with Gasteiger partial charge in [0.15, 0.2) is 0 Å². The van der Waals surface area contributed by atoms with E-state index in [1.165, 1.54) is 25.3 Å². The molecule has 0 radical (unpaired) electrons. The lowest BCUT2D eigenvalue weighted by atomic mass is 9.51. The molecular weight excluding hydrogens is 190 g/mol. The fourth-order valence-corrected chi connectivity index (χ4v) is 2.87. The van der Waals surface area contributed by atoms with Gasteiger partial charge in [0.2, 0.25) is 5.91 Å². The van der Waals surface area contributed by atoms with Crippen LogP contribution in [0.25, 0.3) is 0 Å². The largest absolute Gasteiger partial charge is 0.378 e. The van der Waals surface area contributed by atoms with Gasteiger partial charge < -0.3 is 10.1 Å². The first kappa shape index (κ1) is 10.7. The maximum absolute atomic E-state index is 11.2. The Kier molecular flexibility index (Phi) is 2.83. The summed E-state index contributed by atoms with van der Waals surface area (Å²) in [6, 6.07) is 0.313. The van der Waals surface area contributed by atoms with Crippen molar-refractivity contribution < 1.29 is 9.53 Å². The fraction of sp³-hybridized carbons (Fsp3) is 0.750. The van der Waals surface area contributed by atoms with Gasteiger partial charge in [-0.05, 0) is 32.3 Å². The lowest BCUT2D eigenvalue weighted by molar-refractivity contribution is -0.174. The molecule has 2 rings (SSSR count). The Hall–Kier alpha value is -0.830. The van der Waals surface area contributed by atoms with Crippen molar-refractivity contribution >= 4 is 5.91 Å². The first-order valence-corrected chi connectivity index (χ1v) is 5.77. The van der Waals surface area contributed by atoms with Crippen molar-refractivity contribution in [3.8, 4) is 0 Å². The average molecular weight is 209 g/mol. The van der Waals surface area contributed by atoms with Crippen LogP contribution in [-0.4, -0.2) is 24.7 Å². The van der Waals surface area contributed by atoms with Crippen LogP contribution in [0.5, 0.6) is 0 Å². The molecule has 0 heterocycles. The summed E-state index contributed by atoms with van der Waals surface area (Å²) in [5, 5.41) is 3.01. The molecule has 2 unspecified atom stereocenters. The Morgan fingerprint density at radius 3 is 2.87 bits per heavy atom. The van der Waals surface area contributed by atoms with Crippen molar-refractivity contribution in [1.29, 1.82) is 0 Å². The lowest BCUT2D eigenvalue weighted by Crippen LogP contribution is -2.67. The quantitative estimate of drug-likeness (QED) is 0.715. The Labute approximate surface area is 90.9 Å². The van der Waals surface area contributed by atoms with E-state index >= 15 is 0 Å². The number of carbonyl (C=O) groups excluding carboxylic acids is 1. The van der Waals surface area contributed by atoms with Gasteiger partial charge in [-0.2, -0.15) is 0 Å². The second-order valence-electron chi connectivity index (χ2n) is 4.53. The second-order valence-corrected chi connectivity index (χ2v) is 4.53. The first-order valence-electron chi connectivity index (χ1n) is 5.77. The van der Waals surface area contributed by atoms with Gasteiger partial charge in [0.25, 0.3) is 0 Å². The number of hydrogen-bond donors (Lipinski definition) is 1. The van der Waals surface area contributed by atoms with E-state index in [-0.39, 0.29) is 11.3 Å². The topological polar surface area (TPSA) is 38.3 Å². The van der Waals surface area contributed by atoms with Gasteiger partial charge in [-0.1, -0.05) is 13.0 Å². The Balaban J connectivity index is 1.93. The highest BCUT2D eigenvalue weighted by molar-refractivity contribution is 5.87. The summed E-state index contributed by atoms with van der Waals surface area (Å²) in [6.45, 7) is 6.28. The van der Waals surface area contributed by atoms with Crippen LogP contribution < -0.4 is 5.32 Å². The van der Waals surface area contributed by atoms with Gasteiger partial charge in [0, 0.05) is 18.1 Å². The summed E-state index contributed by atoms with van der Waals surface area (Å²) in [5.74, 6) is -0.0544. The predicted octanol–water partition coefficient (Wildman–Crippen LogP) is 1.64. The Bertz CT molecular complexity index is 271. The molecule has 3 nitrogen and oxygen atoms in total. The van der Waals surface area contributed by atoms with E-state index < -0.39 is 0 Å². The van der Waals surface area contributed by atoms with Crippen LogP contribution in [-0.2, 0) is 9.53 Å². The molecule has 1 amide bonds. The van der Waals surface area contributed by atoms with Crippen LogP contribution in [0, 0.1) is 5.41 Å². The minimum Gasteiger partial charge on any atom is -0.378 e. The normalized spacial score (nSPS) is 31.5. The van der Waals surface area contributed by atoms with Gasteiger partial charge in [0.05, 0.1) is 6.10 Å². The van der Waals surface area contributed by atoms with Crippen molar-refractivity contribution in [2.24, 2.45) is 5.41 Å². The van der Waals surface area contributed by atoms with Gasteiger partial charge in [-0.15, -0.1) is 0 Å². The summed E-state index contributed by atoms with van der Waals surface area (Å²) < 4.78 is 5.70. The summed E-state index contributed by atoms with van der Waals surface area (Å²) in [5.41, 5.74) is 0.259. The maximum atomic E-state index is 11.2. The first-order chi connectivity index (χ1) is 7.23. The molecule has 0 aromatic heterocycles. The Morgan fingerprint density at radius 1 is 1.67 bits per heavy atom. The number of rotatable bonds is 4. The third kappa shape index (κ3) is 1.59. The van der Waals surface area contributed by atoms with E-state index in [4.69, 9.17) is 4.74 Å². The van der Waals surface area contributed by atoms with Crippen molar-refractivity contribution in [3.63, 3.8) is 0 Å². The minimum absolute atomic E-state index is 0.0544. The van der Waals surface area contributed by atoms with Crippen LogP contribution >= 0.6 is 0 Å². The minimum atomic E-state index is -0.0544. The summed E-state index contributed by atoms with van der Waals surface area (Å²) >= 11 is 0. The highest BCUT2D eigenvalue weighted by Crippen LogP contribution is 2.57. The molecule has 0 aromatic rings. The highest BCUT2D eigenvalue weighted by atomic mass is 16.5. The van der Waals surface area contributed by atoms with E-state index in [9.17, 15) is 4.79 Å². The molecule has 1 N–H and O–H groups in total. The lowest BCUT2D eigenvalue weighted by Gasteiger charge is -2.60.